The maximum Gasteiger partial charge on any atom is 0.362 e. The average Bonchev–Trinajstić information content (AvgIpc) is 2.72. The molecule has 3 unspecified atom stereocenters. The minimum Gasteiger partial charge on any atom is -0.394 e. The Hall–Kier alpha value is -1.11. The number of carbonyl (C=O) groups excluding carboxylic acids is 1. The monoisotopic (exact) mass is 472 g/mol. The minimum atomic E-state index is -4.77. The smallest absolute Gasteiger partial charge is 0.362 e. The predicted octanol–water partition coefficient (Wildman–Crippen LogP) is 1.11. The number of carbonyl (C=O) groups is 1. The lowest BCUT2D eigenvalue weighted by Crippen LogP contribution is -2.55. The van der Waals surface area contributed by atoms with Gasteiger partial charge in [-0.2, -0.15) is 0 Å². The maximum atomic E-state index is 15.2. The van der Waals surface area contributed by atoms with Crippen molar-refractivity contribution in [2.75, 3.05) is 13.2 Å². The number of hydrogen-bond acceptors (Lipinski definition) is 8. The second-order valence-electron chi connectivity index (χ2n) is 7.43. The van der Waals surface area contributed by atoms with Crippen molar-refractivity contribution in [2.45, 2.75) is 83.1 Å². The molecule has 182 valence electrons. The number of aliphatic hydroxyl groups excluding tert-OH is 3. The quantitative estimate of drug-likeness (QED) is 0.215. The van der Waals surface area contributed by atoms with Gasteiger partial charge >= 0.3 is 13.6 Å². The normalized spacial score (nSPS) is 23.4. The van der Waals surface area contributed by atoms with Gasteiger partial charge in [-0.25, -0.2) is 9.18 Å². The van der Waals surface area contributed by atoms with E-state index in [0.29, 0.717) is 5.57 Å². The first-order valence-corrected chi connectivity index (χ1v) is 11.7. The van der Waals surface area contributed by atoms with Crippen LogP contribution in [0.3, 0.4) is 0 Å². The second kappa shape index (κ2) is 11.2. The Balaban J connectivity index is 2.94. The molecule has 0 aromatic heterocycles. The van der Waals surface area contributed by atoms with E-state index in [1.54, 1.807) is 0 Å². The van der Waals surface area contributed by atoms with Crippen molar-refractivity contribution in [1.82, 2.24) is 10.2 Å². The van der Waals surface area contributed by atoms with Gasteiger partial charge in [0.05, 0.1) is 13.2 Å². The van der Waals surface area contributed by atoms with E-state index >= 15 is 4.39 Å². The van der Waals surface area contributed by atoms with Crippen molar-refractivity contribution < 1.29 is 48.3 Å². The molecule has 11 nitrogen and oxygen atoms in total. The molecule has 1 rings (SSSR count). The number of hydrogen-bond donors (Lipinski definition) is 6. The molecule has 0 saturated heterocycles. The van der Waals surface area contributed by atoms with Crippen LogP contribution in [-0.4, -0.2) is 79.2 Å². The van der Waals surface area contributed by atoms with Gasteiger partial charge in [-0.05, 0) is 25.3 Å². The fourth-order valence-corrected chi connectivity index (χ4v) is 4.52. The van der Waals surface area contributed by atoms with Crippen LogP contribution in [0.4, 0.5) is 9.18 Å². The number of amides is 2. The van der Waals surface area contributed by atoms with Crippen molar-refractivity contribution in [1.29, 1.82) is 0 Å². The lowest BCUT2D eigenvalue weighted by Gasteiger charge is -2.37. The lowest BCUT2D eigenvalue weighted by atomic mass is 10.2. The molecule has 0 spiro atoms. The molecule has 2 amide bonds. The third-order valence-corrected chi connectivity index (χ3v) is 7.56. The van der Waals surface area contributed by atoms with E-state index in [2.05, 4.69) is 5.32 Å². The predicted molar refractivity (Wildman–Crippen MR) is 108 cm³/mol. The first-order chi connectivity index (χ1) is 14.3. The largest absolute Gasteiger partial charge is 0.394 e. The summed E-state index contributed by atoms with van der Waals surface area (Å²) in [6.07, 6.45) is -4.15. The molecule has 0 bridgehead atoms. The van der Waals surface area contributed by atoms with Gasteiger partial charge in [0.25, 0.3) is 0 Å². The summed E-state index contributed by atoms with van der Waals surface area (Å²) >= 11 is 0. The number of rotatable bonds is 13. The molecule has 5 atom stereocenters. The van der Waals surface area contributed by atoms with E-state index in [9.17, 15) is 34.7 Å². The number of halogens is 1. The van der Waals surface area contributed by atoms with Crippen molar-refractivity contribution in [3.8, 4) is 0 Å². The van der Waals surface area contributed by atoms with Crippen LogP contribution in [0.2, 0.25) is 0 Å². The Morgan fingerprint density at radius 2 is 1.90 bits per heavy atom. The molecule has 0 saturated carbocycles. The Bertz CT molecular complexity index is 691. The minimum absolute atomic E-state index is 0.125. The molecule has 1 heterocycles. The molecule has 0 radical (unpaired) electrons. The summed E-state index contributed by atoms with van der Waals surface area (Å²) in [6, 6.07) is -0.815. The third kappa shape index (κ3) is 6.69. The molecule has 0 fully saturated rings. The van der Waals surface area contributed by atoms with Gasteiger partial charge in [0.1, 0.15) is 6.10 Å². The SMILES string of the molecule is CCC(F)(CCO[C@H]([C@H](O)CO)N1C=C(C)C(O)NC1=O)OP(=O)(O)C(O)(CC)CC. The Morgan fingerprint density at radius 1 is 1.32 bits per heavy atom. The van der Waals surface area contributed by atoms with Crippen LogP contribution >= 0.6 is 7.60 Å². The molecular weight excluding hydrogens is 438 g/mol. The molecule has 13 heteroatoms. The summed E-state index contributed by atoms with van der Waals surface area (Å²) in [4.78, 5) is 23.2. The highest BCUT2D eigenvalue weighted by atomic mass is 31.2. The second-order valence-corrected chi connectivity index (χ2v) is 9.49. The van der Waals surface area contributed by atoms with Crippen LogP contribution in [0.15, 0.2) is 11.8 Å². The van der Waals surface area contributed by atoms with Crippen molar-refractivity contribution in [3.05, 3.63) is 11.8 Å². The summed E-state index contributed by atoms with van der Waals surface area (Å²) in [5.41, 5.74) is 0.328. The standard InChI is InChI=1S/C18H34FN2O9P/c1-5-17(19,30-31(27,28)18(26,6-2)7-3)8-9-29-15(13(23)11-22)21-10-12(4)14(24)20-16(21)25/h10,13-15,22-24,26H,5-9,11H2,1-4H3,(H,20,25)(H,27,28)/t13-,14?,15-,17?/m1/s1. The van der Waals surface area contributed by atoms with Gasteiger partial charge in [-0.3, -0.25) is 14.0 Å². The first-order valence-electron chi connectivity index (χ1n) is 10.1. The highest BCUT2D eigenvalue weighted by Gasteiger charge is 2.50. The van der Waals surface area contributed by atoms with E-state index in [-0.39, 0.29) is 19.3 Å². The van der Waals surface area contributed by atoms with Crippen LogP contribution in [0, 0.1) is 0 Å². The van der Waals surface area contributed by atoms with Gasteiger partial charge in [0.2, 0.25) is 5.85 Å². The number of ether oxygens (including phenoxy) is 1. The third-order valence-electron chi connectivity index (χ3n) is 5.30. The summed E-state index contributed by atoms with van der Waals surface area (Å²) in [5, 5.41) is 39.4. The Labute approximate surface area is 181 Å². The van der Waals surface area contributed by atoms with Crippen LogP contribution in [0.25, 0.3) is 0 Å². The van der Waals surface area contributed by atoms with Crippen molar-refractivity contribution >= 4 is 13.6 Å². The van der Waals surface area contributed by atoms with E-state index in [1.165, 1.54) is 33.9 Å². The zero-order valence-corrected chi connectivity index (χ0v) is 19.1. The van der Waals surface area contributed by atoms with Crippen molar-refractivity contribution in [3.63, 3.8) is 0 Å². The van der Waals surface area contributed by atoms with Crippen molar-refractivity contribution in [2.24, 2.45) is 0 Å². The van der Waals surface area contributed by atoms with Crippen LogP contribution in [0.1, 0.15) is 53.4 Å². The molecule has 6 N–H and O–H groups in total. The van der Waals surface area contributed by atoms with Crippen LogP contribution in [0.5, 0.6) is 0 Å². The molecular formula is C18H34FN2O9P. The lowest BCUT2D eigenvalue weighted by molar-refractivity contribution is -0.142. The first kappa shape index (κ1) is 27.9. The Kier molecular flexibility index (Phi) is 10.0. The fraction of sp³-hybridized carbons (Fsp3) is 0.833. The van der Waals surface area contributed by atoms with E-state index in [1.807, 2.05) is 0 Å². The summed E-state index contributed by atoms with van der Waals surface area (Å²) < 4.78 is 38.0. The van der Waals surface area contributed by atoms with Gasteiger partial charge in [0, 0.05) is 19.0 Å². The fourth-order valence-electron chi connectivity index (χ4n) is 2.89. The highest BCUT2D eigenvalue weighted by Crippen LogP contribution is 2.60. The number of urea groups is 1. The van der Waals surface area contributed by atoms with Gasteiger partial charge in [-0.15, -0.1) is 0 Å². The van der Waals surface area contributed by atoms with E-state index in [4.69, 9.17) is 9.26 Å². The Morgan fingerprint density at radius 3 is 2.39 bits per heavy atom. The zero-order valence-electron chi connectivity index (χ0n) is 18.2. The molecule has 0 aliphatic carbocycles. The summed E-state index contributed by atoms with van der Waals surface area (Å²) in [7, 11) is -4.77. The summed E-state index contributed by atoms with van der Waals surface area (Å²) in [6.45, 7) is 4.59. The number of nitrogens with zero attached hydrogens (tertiary/aromatic N) is 1. The van der Waals surface area contributed by atoms with Crippen LogP contribution in [-0.2, 0) is 13.8 Å². The summed E-state index contributed by atoms with van der Waals surface area (Å²) in [5.74, 6) is -2.64. The van der Waals surface area contributed by atoms with Crippen LogP contribution < -0.4 is 5.32 Å². The molecule has 0 aromatic rings. The molecule has 1 aliphatic heterocycles. The average molecular weight is 472 g/mol. The van der Waals surface area contributed by atoms with E-state index in [0.717, 1.165) is 4.90 Å². The molecule has 1 aliphatic rings. The zero-order chi connectivity index (χ0) is 24.0. The van der Waals surface area contributed by atoms with E-state index < -0.39 is 63.0 Å². The maximum absolute atomic E-state index is 15.2. The number of nitrogens with one attached hydrogen (secondary N) is 1. The topological polar surface area (TPSA) is 169 Å². The van der Waals surface area contributed by atoms with Gasteiger partial charge in [-0.1, -0.05) is 20.8 Å². The molecule has 31 heavy (non-hydrogen) atoms. The number of aliphatic hydroxyl groups is 4. The van der Waals surface area contributed by atoms with Gasteiger partial charge < -0.3 is 35.4 Å². The molecule has 0 aromatic carbocycles. The number of alkyl halides is 1. The van der Waals surface area contributed by atoms with Gasteiger partial charge in [0.15, 0.2) is 17.8 Å². The highest BCUT2D eigenvalue weighted by molar-refractivity contribution is 7.54.